The second-order valence-corrected chi connectivity index (χ2v) is 5.29. The summed E-state index contributed by atoms with van der Waals surface area (Å²) in [7, 11) is 0. The van der Waals surface area contributed by atoms with E-state index in [-0.39, 0.29) is 5.56 Å². The first-order chi connectivity index (χ1) is 9.61. The molecule has 0 radical (unpaired) electrons. The minimum absolute atomic E-state index is 0.106. The summed E-state index contributed by atoms with van der Waals surface area (Å²) < 4.78 is 0. The first kappa shape index (κ1) is 12.7. The van der Waals surface area contributed by atoms with E-state index in [0.717, 1.165) is 36.5 Å². The van der Waals surface area contributed by atoms with Gasteiger partial charge in [0.1, 0.15) is 11.6 Å². The van der Waals surface area contributed by atoms with Crippen molar-refractivity contribution in [2.45, 2.75) is 32.4 Å². The Morgan fingerprint density at radius 3 is 2.85 bits per heavy atom. The molecule has 1 aromatic heterocycles. The van der Waals surface area contributed by atoms with Gasteiger partial charge in [-0.15, -0.1) is 0 Å². The molecular formula is C15H18N4O. The molecule has 1 fully saturated rings. The van der Waals surface area contributed by atoms with Crippen molar-refractivity contribution in [2.24, 2.45) is 0 Å². The Hall–Kier alpha value is -2.30. The fraction of sp³-hybridized carbons (Fsp3) is 0.333. The van der Waals surface area contributed by atoms with E-state index < -0.39 is 0 Å². The summed E-state index contributed by atoms with van der Waals surface area (Å²) in [5.74, 6) is 1.39. The lowest BCUT2D eigenvalue weighted by molar-refractivity contribution is 0.769. The summed E-state index contributed by atoms with van der Waals surface area (Å²) in [6.07, 6.45) is 2.30. The number of nitrogen functional groups attached to an aromatic ring is 1. The lowest BCUT2D eigenvalue weighted by atomic mass is 10.2. The highest BCUT2D eigenvalue weighted by Gasteiger charge is 2.30. The fourth-order valence-electron chi connectivity index (χ4n) is 2.38. The number of rotatable bonds is 4. The smallest absolute Gasteiger partial charge is 0.252 e. The highest BCUT2D eigenvalue weighted by atomic mass is 16.1. The third kappa shape index (κ3) is 2.82. The van der Waals surface area contributed by atoms with Crippen molar-refractivity contribution in [1.82, 2.24) is 9.97 Å². The lowest BCUT2D eigenvalue weighted by Crippen LogP contribution is -2.28. The summed E-state index contributed by atoms with van der Waals surface area (Å²) in [5, 5.41) is 0. The van der Waals surface area contributed by atoms with Crippen LogP contribution in [0.15, 0.2) is 35.1 Å². The summed E-state index contributed by atoms with van der Waals surface area (Å²) in [5.41, 5.74) is 7.61. The van der Waals surface area contributed by atoms with Crippen molar-refractivity contribution in [3.05, 3.63) is 52.1 Å². The fourth-order valence-corrected chi connectivity index (χ4v) is 2.38. The van der Waals surface area contributed by atoms with Gasteiger partial charge in [-0.25, -0.2) is 4.98 Å². The van der Waals surface area contributed by atoms with Crippen LogP contribution < -0.4 is 16.2 Å². The maximum Gasteiger partial charge on any atom is 0.252 e. The van der Waals surface area contributed by atoms with E-state index in [1.54, 1.807) is 13.0 Å². The number of aromatic nitrogens is 2. The van der Waals surface area contributed by atoms with Crippen molar-refractivity contribution < 1.29 is 0 Å². The maximum atomic E-state index is 11.6. The molecule has 3 N–H and O–H groups in total. The molecule has 0 spiro atoms. The van der Waals surface area contributed by atoms with E-state index in [1.165, 1.54) is 0 Å². The van der Waals surface area contributed by atoms with Crippen molar-refractivity contribution in [1.29, 1.82) is 0 Å². The van der Waals surface area contributed by atoms with Gasteiger partial charge in [-0.1, -0.05) is 12.1 Å². The second kappa shape index (κ2) is 5.00. The number of nitrogens with zero attached hydrogens (tertiary/aromatic N) is 2. The number of nitrogens with two attached hydrogens (primary N) is 1. The van der Waals surface area contributed by atoms with Crippen molar-refractivity contribution in [3.8, 4) is 0 Å². The molecule has 0 aliphatic heterocycles. The molecule has 0 amide bonds. The monoisotopic (exact) mass is 270 g/mol. The zero-order valence-corrected chi connectivity index (χ0v) is 11.5. The third-order valence-corrected chi connectivity index (χ3v) is 3.43. The first-order valence-electron chi connectivity index (χ1n) is 6.81. The highest BCUT2D eigenvalue weighted by Crippen LogP contribution is 2.31. The Morgan fingerprint density at radius 2 is 2.20 bits per heavy atom. The van der Waals surface area contributed by atoms with E-state index in [0.29, 0.717) is 11.9 Å². The average Bonchev–Trinajstić information content (AvgIpc) is 3.19. The molecule has 1 saturated carbocycles. The van der Waals surface area contributed by atoms with Gasteiger partial charge >= 0.3 is 0 Å². The Bertz CT molecular complexity index is 676. The van der Waals surface area contributed by atoms with Crippen LogP contribution in [0.5, 0.6) is 0 Å². The Morgan fingerprint density at radius 1 is 1.40 bits per heavy atom. The average molecular weight is 270 g/mol. The number of anilines is 2. The highest BCUT2D eigenvalue weighted by molar-refractivity contribution is 5.45. The van der Waals surface area contributed by atoms with Gasteiger partial charge in [0.2, 0.25) is 0 Å². The van der Waals surface area contributed by atoms with Crippen LogP contribution in [0.4, 0.5) is 11.5 Å². The first-order valence-corrected chi connectivity index (χ1v) is 6.81. The quantitative estimate of drug-likeness (QED) is 0.831. The number of aryl methyl sites for hydroxylation is 1. The molecule has 0 atom stereocenters. The van der Waals surface area contributed by atoms with E-state index in [4.69, 9.17) is 5.73 Å². The molecule has 2 aromatic rings. The minimum Gasteiger partial charge on any atom is -0.399 e. The zero-order valence-electron chi connectivity index (χ0n) is 11.5. The Labute approximate surface area is 117 Å². The van der Waals surface area contributed by atoms with Gasteiger partial charge in [0.25, 0.3) is 5.56 Å². The molecule has 1 aromatic carbocycles. The largest absolute Gasteiger partial charge is 0.399 e. The molecule has 0 saturated heterocycles. The number of hydrogen-bond donors (Lipinski definition) is 2. The van der Waals surface area contributed by atoms with Crippen LogP contribution >= 0.6 is 0 Å². The van der Waals surface area contributed by atoms with Crippen LogP contribution in [-0.4, -0.2) is 16.0 Å². The van der Waals surface area contributed by atoms with Gasteiger partial charge in [0, 0.05) is 24.3 Å². The van der Waals surface area contributed by atoms with Crippen LogP contribution in [0, 0.1) is 6.92 Å². The van der Waals surface area contributed by atoms with Crippen LogP contribution in [0.2, 0.25) is 0 Å². The van der Waals surface area contributed by atoms with E-state index in [9.17, 15) is 4.79 Å². The topological polar surface area (TPSA) is 75.0 Å². The van der Waals surface area contributed by atoms with Crippen molar-refractivity contribution >= 4 is 11.5 Å². The maximum absolute atomic E-state index is 11.6. The number of hydrogen-bond acceptors (Lipinski definition) is 4. The van der Waals surface area contributed by atoms with E-state index >= 15 is 0 Å². The SMILES string of the molecule is Cc1nc(N(Cc2cccc(N)c2)C2CC2)cc(=O)[nH]1. The molecule has 1 aliphatic rings. The van der Waals surface area contributed by atoms with Crippen molar-refractivity contribution in [3.63, 3.8) is 0 Å². The molecule has 0 unspecified atom stereocenters. The third-order valence-electron chi connectivity index (χ3n) is 3.43. The van der Waals surface area contributed by atoms with Gasteiger partial charge in [0.05, 0.1) is 0 Å². The van der Waals surface area contributed by atoms with Crippen LogP contribution in [0.3, 0.4) is 0 Å². The number of nitrogens with one attached hydrogen (secondary N) is 1. The van der Waals surface area contributed by atoms with Gasteiger partial charge in [0.15, 0.2) is 0 Å². The molecule has 1 aliphatic carbocycles. The molecular weight excluding hydrogens is 252 g/mol. The van der Waals surface area contributed by atoms with Gasteiger partial charge in [-0.3, -0.25) is 4.79 Å². The predicted molar refractivity (Wildman–Crippen MR) is 79.7 cm³/mol. The molecule has 5 nitrogen and oxygen atoms in total. The minimum atomic E-state index is -0.106. The molecule has 3 rings (SSSR count). The number of aromatic amines is 1. The molecule has 0 bridgehead atoms. The lowest BCUT2D eigenvalue weighted by Gasteiger charge is -2.23. The zero-order chi connectivity index (χ0) is 14.1. The van der Waals surface area contributed by atoms with Gasteiger partial charge < -0.3 is 15.6 Å². The summed E-state index contributed by atoms with van der Waals surface area (Å²) in [4.78, 5) is 21.0. The normalized spacial score (nSPS) is 14.2. The summed E-state index contributed by atoms with van der Waals surface area (Å²) in [6, 6.07) is 9.89. The number of benzene rings is 1. The van der Waals surface area contributed by atoms with Crippen molar-refractivity contribution in [2.75, 3.05) is 10.6 Å². The van der Waals surface area contributed by atoms with E-state index in [2.05, 4.69) is 14.9 Å². The van der Waals surface area contributed by atoms with Gasteiger partial charge in [-0.2, -0.15) is 0 Å². The summed E-state index contributed by atoms with van der Waals surface area (Å²) in [6.45, 7) is 2.53. The molecule has 20 heavy (non-hydrogen) atoms. The van der Waals surface area contributed by atoms with Crippen LogP contribution in [-0.2, 0) is 6.54 Å². The van der Waals surface area contributed by atoms with Crippen LogP contribution in [0.25, 0.3) is 0 Å². The molecule has 1 heterocycles. The summed E-state index contributed by atoms with van der Waals surface area (Å²) >= 11 is 0. The second-order valence-electron chi connectivity index (χ2n) is 5.29. The number of H-pyrrole nitrogens is 1. The Balaban J connectivity index is 1.91. The Kier molecular flexibility index (Phi) is 3.18. The van der Waals surface area contributed by atoms with Crippen LogP contribution in [0.1, 0.15) is 24.2 Å². The molecule has 104 valence electrons. The van der Waals surface area contributed by atoms with E-state index in [1.807, 2.05) is 24.3 Å². The standard InChI is InChI=1S/C15H18N4O/c1-10-17-14(8-15(20)18-10)19(13-5-6-13)9-11-3-2-4-12(16)7-11/h2-4,7-8,13H,5-6,9,16H2,1H3,(H,17,18,20). The predicted octanol–water partition coefficient (Wildman–Crippen LogP) is 1.83. The molecule has 5 heteroatoms. The van der Waals surface area contributed by atoms with Gasteiger partial charge in [-0.05, 0) is 37.5 Å².